The average Bonchev–Trinajstić information content (AvgIpc) is 3.19. The normalized spacial score (nSPS) is 19.0. The van der Waals surface area contributed by atoms with Gasteiger partial charge in [0.05, 0.1) is 22.3 Å². The molecule has 0 bridgehead atoms. The second kappa shape index (κ2) is 10.1. The quantitative estimate of drug-likeness (QED) is 0.342. The number of nitrogens with one attached hydrogen (secondary N) is 1. The maximum atomic E-state index is 14.4. The van der Waals surface area contributed by atoms with E-state index < -0.39 is 60.1 Å². The van der Waals surface area contributed by atoms with E-state index in [0.717, 1.165) is 12.1 Å². The van der Waals surface area contributed by atoms with Gasteiger partial charge in [-0.1, -0.05) is 41.9 Å². The lowest BCUT2D eigenvalue weighted by Gasteiger charge is -2.30. The summed E-state index contributed by atoms with van der Waals surface area (Å²) >= 11 is 5.95. The highest BCUT2D eigenvalue weighted by Gasteiger charge is 2.43. The topological polar surface area (TPSA) is 42.0 Å². The van der Waals surface area contributed by atoms with E-state index >= 15 is 0 Å². The van der Waals surface area contributed by atoms with Crippen LogP contribution in [0.25, 0.3) is 0 Å². The van der Waals surface area contributed by atoms with Crippen molar-refractivity contribution in [2.75, 3.05) is 0 Å². The Labute approximate surface area is 208 Å². The molecule has 4 rings (SSSR count). The number of hydrogen-bond acceptors (Lipinski definition) is 2. The zero-order valence-electron chi connectivity index (χ0n) is 18.7. The number of carbonyl (C=O) groups is 1. The van der Waals surface area contributed by atoms with E-state index in [-0.39, 0.29) is 22.7 Å². The van der Waals surface area contributed by atoms with Gasteiger partial charge in [0.25, 0.3) is 0 Å². The molecule has 1 amide bonds. The lowest BCUT2D eigenvalue weighted by molar-refractivity contribution is -0.137. The summed E-state index contributed by atoms with van der Waals surface area (Å²) in [6, 6.07) is 12.3. The molecule has 1 aliphatic carbocycles. The van der Waals surface area contributed by atoms with E-state index in [0.29, 0.717) is 11.6 Å². The number of benzene rings is 2. The molecule has 0 aliphatic heterocycles. The first-order valence-corrected chi connectivity index (χ1v) is 11.5. The molecule has 3 nitrogen and oxygen atoms in total. The second-order valence-electron chi connectivity index (χ2n) is 8.84. The summed E-state index contributed by atoms with van der Waals surface area (Å²) in [5, 5.41) is 3.00. The Hall–Kier alpha value is -3.07. The van der Waals surface area contributed by atoms with E-state index in [1.165, 1.54) is 18.3 Å². The molecule has 3 atom stereocenters. The van der Waals surface area contributed by atoms with Crippen LogP contribution in [0.5, 0.6) is 0 Å². The Bertz CT molecular complexity index is 1220. The smallest absolute Gasteiger partial charge is 0.347 e. The molecule has 0 radical (unpaired) electrons. The van der Waals surface area contributed by atoms with Gasteiger partial charge < -0.3 is 5.32 Å². The summed E-state index contributed by atoms with van der Waals surface area (Å²) in [6.07, 6.45) is -4.61. The zero-order chi connectivity index (χ0) is 26.1. The number of alkyl halides is 5. The van der Waals surface area contributed by atoms with Gasteiger partial charge in [0.1, 0.15) is 5.82 Å². The number of pyridine rings is 1. The molecule has 1 aromatic heterocycles. The lowest BCUT2D eigenvalue weighted by atomic mass is 9.82. The Morgan fingerprint density at radius 2 is 1.78 bits per heavy atom. The molecule has 1 aliphatic rings. The molecular formula is C26H21ClF6N2O. The third kappa shape index (κ3) is 6.00. The molecule has 2 aromatic carbocycles. The Balaban J connectivity index is 1.84. The third-order valence-electron chi connectivity index (χ3n) is 6.24. The number of aromatic nitrogens is 1. The fourth-order valence-corrected chi connectivity index (χ4v) is 4.65. The standard InChI is InChI=1S/C26H21ClF6N2O/c27-19-6-7-21(34-14-19)23(35-24(36)16-8-9-25(29,30)13-16)22(15-4-2-1-3-5-15)17-10-18(26(31,32)33)12-20(28)11-17/h1-7,10-12,14,16,22-23H,8-9,13H2,(H,35,36)/t16?,22-,23?/m0/s1. The second-order valence-corrected chi connectivity index (χ2v) is 9.28. The molecule has 1 fully saturated rings. The average molecular weight is 527 g/mol. The van der Waals surface area contributed by atoms with Gasteiger partial charge in [0, 0.05) is 30.9 Å². The molecule has 0 spiro atoms. The first-order valence-electron chi connectivity index (χ1n) is 11.2. The minimum absolute atomic E-state index is 0.0339. The van der Waals surface area contributed by atoms with Crippen molar-refractivity contribution in [2.24, 2.45) is 5.92 Å². The van der Waals surface area contributed by atoms with Gasteiger partial charge in [-0.3, -0.25) is 9.78 Å². The van der Waals surface area contributed by atoms with Crippen LogP contribution in [0.4, 0.5) is 26.3 Å². The summed E-state index contributed by atoms with van der Waals surface area (Å²) in [6.45, 7) is 0. The van der Waals surface area contributed by atoms with Crippen molar-refractivity contribution in [1.82, 2.24) is 10.3 Å². The molecule has 1 N–H and O–H groups in total. The van der Waals surface area contributed by atoms with Crippen molar-refractivity contribution in [2.45, 2.75) is 43.3 Å². The molecule has 2 unspecified atom stereocenters. The molecular weight excluding hydrogens is 506 g/mol. The van der Waals surface area contributed by atoms with Crippen molar-refractivity contribution in [1.29, 1.82) is 0 Å². The van der Waals surface area contributed by atoms with Crippen LogP contribution in [0.3, 0.4) is 0 Å². The zero-order valence-corrected chi connectivity index (χ0v) is 19.5. The number of halogens is 7. The van der Waals surface area contributed by atoms with Crippen molar-refractivity contribution in [3.05, 3.63) is 100 Å². The van der Waals surface area contributed by atoms with E-state index in [1.54, 1.807) is 30.3 Å². The first-order chi connectivity index (χ1) is 16.9. The number of amides is 1. The fourth-order valence-electron chi connectivity index (χ4n) is 4.54. The Morgan fingerprint density at radius 3 is 2.36 bits per heavy atom. The van der Waals surface area contributed by atoms with E-state index in [9.17, 15) is 31.1 Å². The number of nitrogens with zero attached hydrogens (tertiary/aromatic N) is 1. The summed E-state index contributed by atoms with van der Waals surface area (Å²) in [7, 11) is 0. The van der Waals surface area contributed by atoms with Gasteiger partial charge in [0.2, 0.25) is 11.8 Å². The van der Waals surface area contributed by atoms with Crippen molar-refractivity contribution < 1.29 is 31.1 Å². The van der Waals surface area contributed by atoms with Crippen LogP contribution in [0.15, 0.2) is 66.9 Å². The van der Waals surface area contributed by atoms with Crippen LogP contribution in [-0.2, 0) is 11.0 Å². The molecule has 36 heavy (non-hydrogen) atoms. The van der Waals surface area contributed by atoms with Gasteiger partial charge in [-0.2, -0.15) is 13.2 Å². The molecule has 10 heteroatoms. The predicted octanol–water partition coefficient (Wildman–Crippen LogP) is 7.32. The third-order valence-corrected chi connectivity index (χ3v) is 6.46. The van der Waals surface area contributed by atoms with Crippen LogP contribution in [0.1, 0.15) is 53.6 Å². The van der Waals surface area contributed by atoms with Crippen molar-refractivity contribution >= 4 is 17.5 Å². The lowest BCUT2D eigenvalue weighted by Crippen LogP contribution is -2.37. The fraction of sp³-hybridized carbons (Fsp3) is 0.308. The molecule has 0 saturated heterocycles. The molecule has 1 saturated carbocycles. The maximum absolute atomic E-state index is 14.4. The van der Waals surface area contributed by atoms with Gasteiger partial charge >= 0.3 is 6.18 Å². The van der Waals surface area contributed by atoms with Gasteiger partial charge in [-0.25, -0.2) is 13.2 Å². The number of carbonyl (C=O) groups excluding carboxylic acids is 1. The highest BCUT2D eigenvalue weighted by atomic mass is 35.5. The Morgan fingerprint density at radius 1 is 1.06 bits per heavy atom. The van der Waals surface area contributed by atoms with Crippen LogP contribution in [-0.4, -0.2) is 16.8 Å². The summed E-state index contributed by atoms with van der Waals surface area (Å²) in [5.41, 5.74) is -0.561. The highest BCUT2D eigenvalue weighted by molar-refractivity contribution is 6.30. The van der Waals surface area contributed by atoms with Crippen molar-refractivity contribution in [3.63, 3.8) is 0 Å². The maximum Gasteiger partial charge on any atom is 0.416 e. The highest BCUT2D eigenvalue weighted by Crippen LogP contribution is 2.42. The largest absolute Gasteiger partial charge is 0.416 e. The van der Waals surface area contributed by atoms with E-state index in [2.05, 4.69) is 10.3 Å². The SMILES string of the molecule is O=C(NC(c1ccc(Cl)cn1)[C@@H](c1ccccc1)c1cc(F)cc(C(F)(F)F)c1)C1CCC(F)(F)C1. The van der Waals surface area contributed by atoms with Gasteiger partial charge in [-0.05, 0) is 47.9 Å². The summed E-state index contributed by atoms with van der Waals surface area (Å²) < 4.78 is 82.6. The minimum Gasteiger partial charge on any atom is -0.347 e. The Kier molecular flexibility index (Phi) is 7.31. The van der Waals surface area contributed by atoms with Gasteiger partial charge in [0.15, 0.2) is 0 Å². The van der Waals surface area contributed by atoms with Crippen LogP contribution >= 0.6 is 11.6 Å². The minimum atomic E-state index is -4.81. The van der Waals surface area contributed by atoms with Gasteiger partial charge in [-0.15, -0.1) is 0 Å². The number of hydrogen-bond donors (Lipinski definition) is 1. The van der Waals surface area contributed by atoms with Crippen LogP contribution in [0.2, 0.25) is 5.02 Å². The van der Waals surface area contributed by atoms with Crippen LogP contribution < -0.4 is 5.32 Å². The first kappa shape index (κ1) is 26.0. The van der Waals surface area contributed by atoms with E-state index in [4.69, 9.17) is 11.6 Å². The predicted molar refractivity (Wildman–Crippen MR) is 122 cm³/mol. The summed E-state index contributed by atoms with van der Waals surface area (Å²) in [4.78, 5) is 17.3. The molecule has 190 valence electrons. The molecule has 3 aromatic rings. The number of rotatable bonds is 6. The summed E-state index contributed by atoms with van der Waals surface area (Å²) in [5.74, 6) is -6.77. The monoisotopic (exact) mass is 526 g/mol. The molecule has 1 heterocycles. The van der Waals surface area contributed by atoms with E-state index in [1.807, 2.05) is 0 Å². The van der Waals surface area contributed by atoms with Crippen LogP contribution in [0, 0.1) is 11.7 Å². The van der Waals surface area contributed by atoms with Crippen molar-refractivity contribution in [3.8, 4) is 0 Å².